The molecule has 0 fully saturated rings. The van der Waals surface area contributed by atoms with Gasteiger partial charge in [-0.15, -0.1) is 0 Å². The molecule has 0 aliphatic rings. The molecule has 0 aliphatic heterocycles. The molecule has 2 heterocycles. The lowest BCUT2D eigenvalue weighted by Gasteiger charge is -2.20. The molecular formula is C10H13N3O. The van der Waals surface area contributed by atoms with Crippen LogP contribution in [0, 0.1) is 0 Å². The summed E-state index contributed by atoms with van der Waals surface area (Å²) in [5, 5.41) is 0. The summed E-state index contributed by atoms with van der Waals surface area (Å²) in [6.45, 7) is 5.98. The van der Waals surface area contributed by atoms with E-state index in [-0.39, 0.29) is 11.2 Å². The molecule has 4 nitrogen and oxygen atoms in total. The molecule has 14 heavy (non-hydrogen) atoms. The summed E-state index contributed by atoms with van der Waals surface area (Å²) in [7, 11) is 0. The summed E-state index contributed by atoms with van der Waals surface area (Å²) in [5.74, 6) is 0. The van der Waals surface area contributed by atoms with Crippen LogP contribution in [0.15, 0.2) is 23.3 Å². The van der Waals surface area contributed by atoms with E-state index in [1.807, 2.05) is 20.8 Å². The lowest BCUT2D eigenvalue weighted by molar-refractivity contribution is 0.397. The van der Waals surface area contributed by atoms with Crippen LogP contribution in [-0.4, -0.2) is 14.5 Å². The van der Waals surface area contributed by atoms with Crippen molar-refractivity contribution in [2.75, 3.05) is 0 Å². The van der Waals surface area contributed by atoms with Crippen molar-refractivity contribution in [2.45, 2.75) is 26.3 Å². The number of rotatable bonds is 0. The number of nitrogens with one attached hydrogen (secondary N) is 1. The third-order valence-corrected chi connectivity index (χ3v) is 2.16. The van der Waals surface area contributed by atoms with Crippen molar-refractivity contribution in [2.24, 2.45) is 0 Å². The van der Waals surface area contributed by atoms with Gasteiger partial charge in [-0.1, -0.05) is 0 Å². The van der Waals surface area contributed by atoms with E-state index in [1.165, 1.54) is 0 Å². The van der Waals surface area contributed by atoms with Gasteiger partial charge in [0.15, 0.2) is 0 Å². The number of aromatic amines is 1. The second-order valence-electron chi connectivity index (χ2n) is 4.33. The van der Waals surface area contributed by atoms with Gasteiger partial charge >= 0.3 is 5.69 Å². The van der Waals surface area contributed by atoms with Gasteiger partial charge in [-0.3, -0.25) is 9.55 Å². The summed E-state index contributed by atoms with van der Waals surface area (Å²) < 4.78 is 1.72. The van der Waals surface area contributed by atoms with Crippen molar-refractivity contribution in [3.05, 3.63) is 28.9 Å². The molecule has 0 bridgehead atoms. The maximum atomic E-state index is 11.7. The van der Waals surface area contributed by atoms with Gasteiger partial charge in [-0.2, -0.15) is 0 Å². The Kier molecular flexibility index (Phi) is 1.74. The van der Waals surface area contributed by atoms with E-state index in [0.29, 0.717) is 0 Å². The first kappa shape index (κ1) is 8.99. The Morgan fingerprint density at radius 2 is 2.14 bits per heavy atom. The molecule has 1 N–H and O–H groups in total. The Morgan fingerprint density at radius 3 is 2.79 bits per heavy atom. The van der Waals surface area contributed by atoms with Crippen LogP contribution in [0.5, 0.6) is 0 Å². The molecule has 74 valence electrons. The Balaban J connectivity index is 2.88. The van der Waals surface area contributed by atoms with Crippen molar-refractivity contribution in [3.63, 3.8) is 0 Å². The molecule has 0 amide bonds. The van der Waals surface area contributed by atoms with E-state index in [9.17, 15) is 4.79 Å². The minimum atomic E-state index is -0.224. The molecule has 0 aromatic carbocycles. The van der Waals surface area contributed by atoms with Crippen molar-refractivity contribution < 1.29 is 0 Å². The standard InChI is InChI=1S/C10H13N3O/c1-10(2,3)13-8-6-11-5-4-7(8)12-9(13)14/h4-6H,1-3H3,(H,12,14). The van der Waals surface area contributed by atoms with Crippen LogP contribution in [0.1, 0.15) is 20.8 Å². The molecule has 0 aliphatic carbocycles. The number of hydrogen-bond acceptors (Lipinski definition) is 2. The van der Waals surface area contributed by atoms with Crippen LogP contribution in [0.2, 0.25) is 0 Å². The van der Waals surface area contributed by atoms with E-state index < -0.39 is 0 Å². The van der Waals surface area contributed by atoms with E-state index in [0.717, 1.165) is 11.0 Å². The zero-order valence-corrected chi connectivity index (χ0v) is 8.53. The van der Waals surface area contributed by atoms with Gasteiger partial charge in [0.1, 0.15) is 0 Å². The SMILES string of the molecule is CC(C)(C)n1c(=O)[nH]c2ccncc21. The second-order valence-corrected chi connectivity index (χ2v) is 4.33. The lowest BCUT2D eigenvalue weighted by Crippen LogP contribution is -2.31. The monoisotopic (exact) mass is 191 g/mol. The highest BCUT2D eigenvalue weighted by Gasteiger charge is 2.18. The highest BCUT2D eigenvalue weighted by molar-refractivity contribution is 5.73. The number of H-pyrrole nitrogens is 1. The van der Waals surface area contributed by atoms with E-state index >= 15 is 0 Å². The van der Waals surface area contributed by atoms with Gasteiger partial charge in [0, 0.05) is 11.7 Å². The highest BCUT2D eigenvalue weighted by atomic mass is 16.1. The second kappa shape index (κ2) is 2.70. The average molecular weight is 191 g/mol. The van der Waals surface area contributed by atoms with Crippen LogP contribution in [0.3, 0.4) is 0 Å². The Hall–Kier alpha value is -1.58. The molecule has 4 heteroatoms. The maximum absolute atomic E-state index is 11.7. The maximum Gasteiger partial charge on any atom is 0.327 e. The predicted octanol–water partition coefficient (Wildman–Crippen LogP) is 1.48. The number of imidazole rings is 1. The van der Waals surface area contributed by atoms with Crippen LogP contribution in [-0.2, 0) is 5.54 Å². The molecule has 0 atom stereocenters. The number of pyridine rings is 1. The quantitative estimate of drug-likeness (QED) is 0.685. The van der Waals surface area contributed by atoms with Crippen LogP contribution < -0.4 is 5.69 Å². The summed E-state index contributed by atoms with van der Waals surface area (Å²) in [5.41, 5.74) is 1.38. The molecule has 0 spiro atoms. The minimum Gasteiger partial charge on any atom is -0.305 e. The van der Waals surface area contributed by atoms with Crippen LogP contribution in [0.25, 0.3) is 11.0 Å². The van der Waals surface area contributed by atoms with Crippen molar-refractivity contribution in [1.82, 2.24) is 14.5 Å². The molecule has 0 saturated heterocycles. The predicted molar refractivity (Wildman–Crippen MR) is 55.3 cm³/mol. The summed E-state index contributed by atoms with van der Waals surface area (Å²) in [6.07, 6.45) is 3.38. The third-order valence-electron chi connectivity index (χ3n) is 2.16. The third kappa shape index (κ3) is 1.23. The number of fused-ring (bicyclic) bond motifs is 1. The first-order valence-electron chi connectivity index (χ1n) is 4.55. The van der Waals surface area contributed by atoms with Crippen molar-refractivity contribution in [1.29, 1.82) is 0 Å². The Bertz CT molecular complexity index is 516. The van der Waals surface area contributed by atoms with Crippen LogP contribution in [0.4, 0.5) is 0 Å². The average Bonchev–Trinajstić information content (AvgIpc) is 2.38. The van der Waals surface area contributed by atoms with Gasteiger partial charge < -0.3 is 4.98 Å². The van der Waals surface area contributed by atoms with Crippen molar-refractivity contribution in [3.8, 4) is 0 Å². The van der Waals surface area contributed by atoms with E-state index in [2.05, 4.69) is 9.97 Å². The summed E-state index contributed by atoms with van der Waals surface area (Å²) in [4.78, 5) is 18.5. The van der Waals surface area contributed by atoms with Gasteiger partial charge in [0.05, 0.1) is 17.2 Å². The molecule has 2 aromatic heterocycles. The normalized spacial score (nSPS) is 12.2. The lowest BCUT2D eigenvalue weighted by atomic mass is 10.1. The molecular weight excluding hydrogens is 178 g/mol. The molecule has 2 aromatic rings. The number of hydrogen-bond donors (Lipinski definition) is 1. The molecule has 0 radical (unpaired) electrons. The number of aromatic nitrogens is 3. The fourth-order valence-corrected chi connectivity index (χ4v) is 1.62. The summed E-state index contributed by atoms with van der Waals surface area (Å²) in [6, 6.07) is 1.80. The minimum absolute atomic E-state index is 0.0829. The van der Waals surface area contributed by atoms with E-state index in [4.69, 9.17) is 0 Å². The largest absolute Gasteiger partial charge is 0.327 e. The Morgan fingerprint density at radius 1 is 1.43 bits per heavy atom. The molecule has 0 unspecified atom stereocenters. The number of nitrogens with zero attached hydrogens (tertiary/aromatic N) is 2. The van der Waals surface area contributed by atoms with Gasteiger partial charge in [-0.25, -0.2) is 4.79 Å². The van der Waals surface area contributed by atoms with Gasteiger partial charge in [0.2, 0.25) is 0 Å². The fourth-order valence-electron chi connectivity index (χ4n) is 1.62. The van der Waals surface area contributed by atoms with E-state index in [1.54, 1.807) is 23.0 Å². The zero-order chi connectivity index (χ0) is 10.3. The molecule has 2 rings (SSSR count). The highest BCUT2D eigenvalue weighted by Crippen LogP contribution is 2.17. The van der Waals surface area contributed by atoms with Gasteiger partial charge in [-0.05, 0) is 26.8 Å². The first-order valence-corrected chi connectivity index (χ1v) is 4.55. The smallest absolute Gasteiger partial charge is 0.305 e. The van der Waals surface area contributed by atoms with Crippen LogP contribution >= 0.6 is 0 Å². The topological polar surface area (TPSA) is 50.7 Å². The Labute approximate surface area is 81.6 Å². The summed E-state index contributed by atoms with van der Waals surface area (Å²) >= 11 is 0. The first-order chi connectivity index (χ1) is 6.50. The van der Waals surface area contributed by atoms with Gasteiger partial charge in [0.25, 0.3) is 0 Å². The van der Waals surface area contributed by atoms with Crippen molar-refractivity contribution >= 4 is 11.0 Å². The molecule has 0 saturated carbocycles. The fraction of sp³-hybridized carbons (Fsp3) is 0.400. The zero-order valence-electron chi connectivity index (χ0n) is 8.53.